The van der Waals surface area contributed by atoms with Crippen molar-refractivity contribution in [3.8, 4) is 0 Å². The van der Waals surface area contributed by atoms with Crippen molar-refractivity contribution >= 4 is 47.0 Å². The van der Waals surface area contributed by atoms with E-state index in [9.17, 15) is 0 Å². The lowest BCUT2D eigenvalue weighted by molar-refractivity contribution is 1.46. The molecular weight excluding hydrogens is 200 g/mol. The van der Waals surface area contributed by atoms with Gasteiger partial charge in [-0.15, -0.1) is 23.5 Å². The molecule has 1 aliphatic heterocycles. The third-order valence-electron chi connectivity index (χ3n) is 1.29. The van der Waals surface area contributed by atoms with Crippen molar-refractivity contribution in [2.75, 3.05) is 24.0 Å². The zero-order chi connectivity index (χ0) is 7.40. The first-order valence-corrected chi connectivity index (χ1v) is 7.83. The Kier molecular flexibility index (Phi) is 4.86. The maximum absolute atomic E-state index is 2.21. The summed E-state index contributed by atoms with van der Waals surface area (Å²) < 4.78 is 1.73. The maximum atomic E-state index is 2.21. The van der Waals surface area contributed by atoms with E-state index in [4.69, 9.17) is 0 Å². The van der Waals surface area contributed by atoms with Crippen molar-refractivity contribution in [1.82, 2.24) is 0 Å². The zero-order valence-corrected chi connectivity index (χ0v) is 9.47. The average molecular weight is 212 g/mol. The summed E-state index contributed by atoms with van der Waals surface area (Å²) in [6, 6.07) is 0. The van der Waals surface area contributed by atoms with E-state index in [0.29, 0.717) is 0 Å². The number of hydrogen-bond donors (Lipinski definition) is 0. The molecule has 0 amide bonds. The van der Waals surface area contributed by atoms with Crippen LogP contribution >= 0.6 is 47.0 Å². The lowest BCUT2D eigenvalue weighted by atomic mass is 10.9. The van der Waals surface area contributed by atoms with Gasteiger partial charge >= 0.3 is 0 Å². The molecule has 0 radical (unpaired) electrons. The zero-order valence-electron chi connectivity index (χ0n) is 6.20. The van der Waals surface area contributed by atoms with Crippen molar-refractivity contribution in [3.05, 3.63) is 0 Å². The van der Waals surface area contributed by atoms with E-state index in [-0.39, 0.29) is 0 Å². The molecule has 1 fully saturated rings. The molecule has 0 nitrogen and oxygen atoms in total. The van der Waals surface area contributed by atoms with Crippen LogP contribution in [0.3, 0.4) is 0 Å². The summed E-state index contributed by atoms with van der Waals surface area (Å²) in [6.07, 6.45) is 4.40. The highest BCUT2D eigenvalue weighted by Gasteiger charge is 2.24. The standard InChI is InChI=1S/C6H12S4/c1-7-3-6-9-4-5(8-2)10-6/h5-6H,3-4H2,1-2H3. The van der Waals surface area contributed by atoms with Crippen LogP contribution in [0.15, 0.2) is 0 Å². The minimum atomic E-state index is 0.863. The molecule has 1 saturated heterocycles. The van der Waals surface area contributed by atoms with E-state index >= 15 is 0 Å². The highest BCUT2D eigenvalue weighted by atomic mass is 32.2. The molecule has 1 heterocycles. The van der Waals surface area contributed by atoms with Crippen LogP contribution in [0.4, 0.5) is 0 Å². The number of hydrogen-bond acceptors (Lipinski definition) is 4. The van der Waals surface area contributed by atoms with Crippen LogP contribution in [0, 0.1) is 0 Å². The van der Waals surface area contributed by atoms with Crippen LogP contribution in [0.5, 0.6) is 0 Å². The van der Waals surface area contributed by atoms with Crippen molar-refractivity contribution in [3.63, 3.8) is 0 Å². The second-order valence-electron chi connectivity index (χ2n) is 2.02. The molecule has 2 unspecified atom stereocenters. The Labute approximate surface area is 80.1 Å². The highest BCUT2D eigenvalue weighted by Crippen LogP contribution is 2.43. The molecule has 2 atom stereocenters. The predicted octanol–water partition coefficient (Wildman–Crippen LogP) is 2.84. The summed E-state index contributed by atoms with van der Waals surface area (Å²) in [5.74, 6) is 2.66. The molecule has 60 valence electrons. The fourth-order valence-electron chi connectivity index (χ4n) is 0.781. The van der Waals surface area contributed by atoms with E-state index in [1.807, 2.05) is 23.5 Å². The van der Waals surface area contributed by atoms with Gasteiger partial charge in [-0.3, -0.25) is 0 Å². The van der Waals surface area contributed by atoms with E-state index in [0.717, 1.165) is 9.16 Å². The van der Waals surface area contributed by atoms with Gasteiger partial charge in [0.2, 0.25) is 0 Å². The molecule has 1 aliphatic rings. The molecule has 4 heteroatoms. The Bertz CT molecular complexity index is 95.7. The fraction of sp³-hybridized carbons (Fsp3) is 1.00. The Morgan fingerprint density at radius 2 is 2.30 bits per heavy atom. The molecule has 10 heavy (non-hydrogen) atoms. The molecule has 0 N–H and O–H groups in total. The van der Waals surface area contributed by atoms with Crippen molar-refractivity contribution < 1.29 is 0 Å². The van der Waals surface area contributed by atoms with E-state index < -0.39 is 0 Å². The van der Waals surface area contributed by atoms with Gasteiger partial charge in [0.15, 0.2) is 0 Å². The maximum Gasteiger partial charge on any atom is 0.0604 e. The van der Waals surface area contributed by atoms with Gasteiger partial charge < -0.3 is 0 Å². The highest BCUT2D eigenvalue weighted by molar-refractivity contribution is 8.28. The minimum absolute atomic E-state index is 0.863. The quantitative estimate of drug-likeness (QED) is 0.705. The number of rotatable bonds is 3. The Morgan fingerprint density at radius 1 is 1.50 bits per heavy atom. The van der Waals surface area contributed by atoms with Gasteiger partial charge in [-0.2, -0.15) is 23.5 Å². The lowest BCUT2D eigenvalue weighted by Gasteiger charge is -2.05. The molecule has 0 saturated carbocycles. The van der Waals surface area contributed by atoms with Crippen LogP contribution < -0.4 is 0 Å². The van der Waals surface area contributed by atoms with E-state index in [1.165, 1.54) is 11.5 Å². The molecule has 0 aromatic carbocycles. The fourth-order valence-corrected chi connectivity index (χ4v) is 6.62. The average Bonchev–Trinajstić information content (AvgIpc) is 2.37. The summed E-state index contributed by atoms with van der Waals surface area (Å²) in [5, 5.41) is 0. The smallest absolute Gasteiger partial charge is 0.0604 e. The first-order valence-electron chi connectivity index (χ1n) is 3.15. The Balaban J connectivity index is 2.15. The lowest BCUT2D eigenvalue weighted by Crippen LogP contribution is -1.95. The molecule has 1 rings (SSSR count). The van der Waals surface area contributed by atoms with Crippen LogP contribution in [0.25, 0.3) is 0 Å². The molecular formula is C6H12S4. The van der Waals surface area contributed by atoms with Gasteiger partial charge in [0.1, 0.15) is 0 Å². The van der Waals surface area contributed by atoms with Crippen LogP contribution in [-0.2, 0) is 0 Å². The van der Waals surface area contributed by atoms with E-state index in [2.05, 4.69) is 36.0 Å². The largest absolute Gasteiger partial charge is 0.163 e. The Hall–Kier alpha value is 1.40. The molecule has 0 spiro atoms. The van der Waals surface area contributed by atoms with Crippen LogP contribution in [0.1, 0.15) is 0 Å². The molecule has 0 bridgehead atoms. The number of thioether (sulfide) groups is 4. The van der Waals surface area contributed by atoms with Gasteiger partial charge in [-0.05, 0) is 12.5 Å². The molecule has 0 aromatic heterocycles. The monoisotopic (exact) mass is 212 g/mol. The normalized spacial score (nSPS) is 33.0. The Morgan fingerprint density at radius 3 is 2.80 bits per heavy atom. The van der Waals surface area contributed by atoms with Gasteiger partial charge in [0, 0.05) is 11.5 Å². The van der Waals surface area contributed by atoms with Crippen LogP contribution in [0.2, 0.25) is 0 Å². The first-order chi connectivity index (χ1) is 4.86. The van der Waals surface area contributed by atoms with Crippen molar-refractivity contribution in [2.45, 2.75) is 9.16 Å². The molecule has 0 aliphatic carbocycles. The van der Waals surface area contributed by atoms with Crippen molar-refractivity contribution in [2.24, 2.45) is 0 Å². The minimum Gasteiger partial charge on any atom is -0.163 e. The van der Waals surface area contributed by atoms with Gasteiger partial charge in [0.05, 0.1) is 9.16 Å². The SMILES string of the molecule is CSCC1SCC(SC)S1. The first kappa shape index (κ1) is 9.49. The summed E-state index contributed by atoms with van der Waals surface area (Å²) in [5.41, 5.74) is 0. The third kappa shape index (κ3) is 2.80. The summed E-state index contributed by atoms with van der Waals surface area (Å²) in [7, 11) is 0. The van der Waals surface area contributed by atoms with Gasteiger partial charge in [-0.25, -0.2) is 0 Å². The van der Waals surface area contributed by atoms with Crippen molar-refractivity contribution in [1.29, 1.82) is 0 Å². The summed E-state index contributed by atoms with van der Waals surface area (Å²) in [4.78, 5) is 0. The summed E-state index contributed by atoms with van der Waals surface area (Å²) >= 11 is 8.22. The summed E-state index contributed by atoms with van der Waals surface area (Å²) in [6.45, 7) is 0. The molecule has 0 aromatic rings. The predicted molar refractivity (Wildman–Crippen MR) is 59.5 cm³/mol. The second-order valence-corrected chi connectivity index (χ2v) is 7.21. The third-order valence-corrected chi connectivity index (χ3v) is 7.15. The van der Waals surface area contributed by atoms with E-state index in [1.54, 1.807) is 0 Å². The van der Waals surface area contributed by atoms with Gasteiger partial charge in [0.25, 0.3) is 0 Å². The van der Waals surface area contributed by atoms with Crippen LogP contribution in [-0.4, -0.2) is 33.2 Å². The van der Waals surface area contributed by atoms with Gasteiger partial charge in [-0.1, -0.05) is 0 Å². The topological polar surface area (TPSA) is 0 Å². The second kappa shape index (κ2) is 5.12.